The lowest BCUT2D eigenvalue weighted by Gasteiger charge is -2.25. The molecule has 25 aromatic rings. The van der Waals surface area contributed by atoms with E-state index in [0.717, 1.165) is 223 Å². The molecule has 1 aliphatic heterocycles. The normalized spacial score (nSPS) is 11.7. The highest BCUT2D eigenvalue weighted by Crippen LogP contribution is 2.50. The minimum Gasteiger partial charge on any atom is -0.381 e. The van der Waals surface area contributed by atoms with Crippen molar-refractivity contribution < 1.29 is 31.1 Å². The van der Waals surface area contributed by atoms with Gasteiger partial charge in [-0.05, 0) is 170 Å². The second-order valence-corrected chi connectivity index (χ2v) is 34.6. The van der Waals surface area contributed by atoms with Gasteiger partial charge in [0, 0.05) is 97.0 Å². The summed E-state index contributed by atoms with van der Waals surface area (Å²) in [6, 6.07) is 145. The van der Waals surface area contributed by atoms with Crippen LogP contribution in [-0.4, -0.2) is 47.7 Å². The summed E-state index contributed by atoms with van der Waals surface area (Å²) in [5.74, 6) is -8.08. The third-order valence-electron chi connectivity index (χ3n) is 26.3. The summed E-state index contributed by atoms with van der Waals surface area (Å²) < 4.78 is 102. The number of hydrogen-bond donors (Lipinski definition) is 0. The maximum Gasteiger partial charge on any atom is 0.179 e. The molecule has 142 heavy (non-hydrogen) atoms. The van der Waals surface area contributed by atoms with Crippen LogP contribution in [0.15, 0.2) is 411 Å². The predicted octanol–water partition coefficient (Wildman–Crippen LogP) is 33.8. The molecular formula is C124H87F6N10OP. The molecule has 0 atom stereocenters. The van der Waals surface area contributed by atoms with Crippen molar-refractivity contribution in [3.63, 3.8) is 0 Å². The number of para-hydroxylation sites is 8. The molecule has 0 spiro atoms. The van der Waals surface area contributed by atoms with Crippen LogP contribution >= 0.6 is 9.03 Å². The topological polar surface area (TPSA) is 123 Å². The number of fused-ring (bicyclic) bond motifs is 18. The molecule has 686 valence electrons. The molecule has 0 unspecified atom stereocenters. The summed E-state index contributed by atoms with van der Waals surface area (Å²) in [4.78, 5) is 0. The number of rotatable bonds is 10. The summed E-state index contributed by atoms with van der Waals surface area (Å²) in [5, 5.41) is 44.0. The van der Waals surface area contributed by atoms with Crippen LogP contribution < -0.4 is 0 Å². The standard InChI is InChI=1S/C79H49N5.C31H17F2N3.C7HF4N.C4H8O.CH4NP.2CH4/c80-50-67-78(83-68-33-17-13-29-59(68)60-30-14-18-34-69(60)83)76(81-72-41-37-55(51-21-5-1-6-22-51)45-63(72)64-46-56(38-42-73(64)81)52-23-7-2-8-24-52)49-77(79(67)84-70-35-19-15-31-61(70)62-32-16-20-36-71(62)84)82-74-43-39-57(53-25-9-3-10-26-53)47-65(74)66-48-58(40-44-75(66)82)54-27-11-4-12-28-54;32-24-17-25(33)31(36-28-15-7-3-11-21(28)22-12-4-8-16-29(22)36)23(18-34)30(24)35-26-13-5-1-9-19(26)20-10-2-6-14-27(20)35;8-4-1-5(9)7(11)3(2-12)6(4)10;1-2-4-5-3-1;1-2-3;;/h1-49H;1-17H;1H;1-4H2;3H,1H3;2*1H4. The van der Waals surface area contributed by atoms with Crippen LogP contribution in [0.2, 0.25) is 0 Å². The molecule has 0 bridgehead atoms. The van der Waals surface area contributed by atoms with Gasteiger partial charge in [0.05, 0.1) is 88.9 Å². The maximum atomic E-state index is 15.7. The minimum absolute atomic E-state index is 0. The fourth-order valence-corrected chi connectivity index (χ4v) is 20.3. The third kappa shape index (κ3) is 15.8. The van der Waals surface area contributed by atoms with Crippen molar-refractivity contribution in [2.24, 2.45) is 4.74 Å². The van der Waals surface area contributed by atoms with Crippen LogP contribution in [0, 0.1) is 68.9 Å². The quantitative estimate of drug-likeness (QED) is 0.0769. The first-order chi connectivity index (χ1) is 68.8. The van der Waals surface area contributed by atoms with E-state index in [2.05, 4.69) is 341 Å². The molecule has 1 fully saturated rings. The first-order valence-corrected chi connectivity index (χ1v) is 46.2. The summed E-state index contributed by atoms with van der Waals surface area (Å²) >= 11 is 0. The number of nitriles is 3. The van der Waals surface area contributed by atoms with Crippen molar-refractivity contribution in [1.82, 2.24) is 27.4 Å². The highest BCUT2D eigenvalue weighted by Gasteiger charge is 2.33. The van der Waals surface area contributed by atoms with E-state index in [-0.39, 0.29) is 37.9 Å². The van der Waals surface area contributed by atoms with E-state index < -0.39 is 40.5 Å². The molecule has 0 radical (unpaired) electrons. The Hall–Kier alpha value is -17.9. The van der Waals surface area contributed by atoms with Gasteiger partial charge in [0.2, 0.25) is 0 Å². The Morgan fingerprint density at radius 2 is 0.437 bits per heavy atom. The number of benzene rings is 19. The molecule has 11 nitrogen and oxygen atoms in total. The Bertz CT molecular complexity index is 8490. The van der Waals surface area contributed by atoms with E-state index in [0.29, 0.717) is 5.56 Å². The molecule has 1 aliphatic rings. The largest absolute Gasteiger partial charge is 0.381 e. The molecule has 19 aromatic carbocycles. The van der Waals surface area contributed by atoms with Gasteiger partial charge in [0.25, 0.3) is 0 Å². The lowest BCUT2D eigenvalue weighted by atomic mass is 10.0. The summed E-state index contributed by atoms with van der Waals surface area (Å²) in [5.41, 5.74) is 22.8. The summed E-state index contributed by atoms with van der Waals surface area (Å²) in [6.07, 6.45) is 2.56. The van der Waals surface area contributed by atoms with Gasteiger partial charge >= 0.3 is 0 Å². The number of ether oxygens (including phenoxy) is 1. The Balaban J connectivity index is 0.000000174. The SMILES string of the molecule is C.C.C1CCOC1.CN=P.N#Cc1c(-n2c3ccccc3c3ccccc32)c(-n2c3ccc(-c4ccccc4)cc3c3cc(-c4ccccc4)ccc32)cc(-n2c3ccc(-c4ccccc4)cc3c3cc(-c4ccccc4)ccc32)c1-n1c2ccccc2c2ccccc21.N#Cc1c(-n2c3ccccc3c3ccccc32)c(F)cc(F)c1-n1c2ccccc2c2ccccc21.N#Cc1c(F)c(F)cc(F)c1F. The molecule has 1 saturated heterocycles. The second-order valence-electron chi connectivity index (χ2n) is 34.2. The van der Waals surface area contributed by atoms with Crippen molar-refractivity contribution >= 4 is 140 Å². The van der Waals surface area contributed by atoms with Crippen molar-refractivity contribution in [2.45, 2.75) is 27.7 Å². The molecule has 18 heteroatoms. The summed E-state index contributed by atoms with van der Waals surface area (Å²) in [6.45, 7) is 2.00. The van der Waals surface area contributed by atoms with Gasteiger partial charge in [-0.1, -0.05) is 306 Å². The van der Waals surface area contributed by atoms with E-state index in [1.165, 1.54) is 12.8 Å². The molecule has 7 heterocycles. The van der Waals surface area contributed by atoms with Gasteiger partial charge in [-0.3, -0.25) is 4.74 Å². The number of halogens is 6. The van der Waals surface area contributed by atoms with Crippen molar-refractivity contribution in [1.29, 1.82) is 15.8 Å². The molecule has 0 aliphatic carbocycles. The minimum atomic E-state index is -1.67. The maximum absolute atomic E-state index is 15.7. The van der Waals surface area contributed by atoms with Crippen molar-refractivity contribution in [3.05, 3.63) is 458 Å². The first kappa shape index (κ1) is 91.8. The van der Waals surface area contributed by atoms with Gasteiger partial charge < -0.3 is 32.1 Å². The Kier molecular flexibility index (Phi) is 25.2. The van der Waals surface area contributed by atoms with Crippen LogP contribution in [0.3, 0.4) is 0 Å². The average molecular weight is 1880 g/mol. The number of nitrogens with zero attached hydrogens (tertiary/aromatic N) is 10. The van der Waals surface area contributed by atoms with E-state index in [9.17, 15) is 28.1 Å². The lowest BCUT2D eigenvalue weighted by molar-refractivity contribution is 0.198. The molecule has 0 N–H and O–H groups in total. The van der Waals surface area contributed by atoms with Crippen LogP contribution in [-0.2, 0) is 4.74 Å². The zero-order chi connectivity index (χ0) is 95.3. The molecular weight excluding hydrogens is 1790 g/mol. The number of aromatic nitrogens is 6. The molecule has 26 rings (SSSR count). The third-order valence-corrected chi connectivity index (χ3v) is 26.3. The molecule has 0 amide bonds. The van der Waals surface area contributed by atoms with Gasteiger partial charge in [-0.25, -0.2) is 26.3 Å². The van der Waals surface area contributed by atoms with E-state index in [1.807, 2.05) is 97.1 Å². The average Bonchev–Trinajstić information content (AvgIpc) is 1.52. The van der Waals surface area contributed by atoms with Crippen molar-refractivity contribution in [3.8, 4) is 96.8 Å². The zero-order valence-electron chi connectivity index (χ0n) is 75.2. The smallest absolute Gasteiger partial charge is 0.179 e. The monoisotopic (exact) mass is 1880 g/mol. The highest BCUT2D eigenvalue weighted by molar-refractivity contribution is 7.03. The van der Waals surface area contributed by atoms with Crippen molar-refractivity contribution in [2.75, 3.05) is 20.3 Å². The highest BCUT2D eigenvalue weighted by atomic mass is 31.0. The van der Waals surface area contributed by atoms with Gasteiger partial charge in [-0.15, -0.1) is 0 Å². The Morgan fingerprint density at radius 3 is 0.662 bits per heavy atom. The van der Waals surface area contributed by atoms with Crippen LogP contribution in [0.25, 0.3) is 209 Å². The van der Waals surface area contributed by atoms with E-state index in [1.54, 1.807) is 16.2 Å². The second kappa shape index (κ2) is 38.9. The fraction of sp³-hybridized carbons (Fsp3) is 0.0565. The van der Waals surface area contributed by atoms with Crippen LogP contribution in [0.5, 0.6) is 0 Å². The van der Waals surface area contributed by atoms with Crippen LogP contribution in [0.4, 0.5) is 26.3 Å². The predicted molar refractivity (Wildman–Crippen MR) is 571 cm³/mol. The lowest BCUT2D eigenvalue weighted by Crippen LogP contribution is -2.13. The Morgan fingerprint density at radius 1 is 0.232 bits per heavy atom. The van der Waals surface area contributed by atoms with Gasteiger partial charge in [0.1, 0.15) is 46.3 Å². The number of hydrogen-bond acceptors (Lipinski definition) is 5. The van der Waals surface area contributed by atoms with E-state index >= 15 is 8.78 Å². The Labute approximate surface area is 816 Å². The fourth-order valence-electron chi connectivity index (χ4n) is 20.3. The zero-order valence-corrected chi connectivity index (χ0v) is 76.2. The van der Waals surface area contributed by atoms with Gasteiger partial charge in [0.15, 0.2) is 34.9 Å². The summed E-state index contributed by atoms with van der Waals surface area (Å²) in [7, 11) is 4.47. The molecule has 0 saturated carbocycles. The van der Waals surface area contributed by atoms with Crippen LogP contribution in [0.1, 0.15) is 44.4 Å². The first-order valence-electron chi connectivity index (χ1n) is 45.8. The van der Waals surface area contributed by atoms with E-state index in [4.69, 9.17) is 10.00 Å². The molecule has 6 aromatic heterocycles. The van der Waals surface area contributed by atoms with Gasteiger partial charge in [-0.2, -0.15) is 15.8 Å².